The number of benzene rings is 3. The topological polar surface area (TPSA) is 107 Å². The van der Waals surface area contributed by atoms with Crippen molar-refractivity contribution in [1.82, 2.24) is 10.6 Å². The monoisotopic (exact) mass is 542 g/mol. The molecule has 39 heavy (non-hydrogen) atoms. The molecule has 0 saturated heterocycles. The summed E-state index contributed by atoms with van der Waals surface area (Å²) in [4.78, 5) is 34.8. The van der Waals surface area contributed by atoms with Crippen LogP contribution in [0.25, 0.3) is 0 Å². The largest absolute Gasteiger partial charge is 0.370 e. The fourth-order valence-electron chi connectivity index (χ4n) is 4.33. The molecule has 2 amide bonds. The van der Waals surface area contributed by atoms with Crippen molar-refractivity contribution in [2.45, 2.75) is 13.8 Å². The number of amides is 2. The molecule has 2 aliphatic heterocycles. The minimum atomic E-state index is -0.356. The van der Waals surface area contributed by atoms with Crippen LogP contribution in [0.2, 0.25) is 5.02 Å². The summed E-state index contributed by atoms with van der Waals surface area (Å²) < 4.78 is 0. The van der Waals surface area contributed by atoms with Gasteiger partial charge in [0.15, 0.2) is 0 Å². The molecule has 2 heterocycles. The molecule has 0 saturated carbocycles. The summed E-state index contributed by atoms with van der Waals surface area (Å²) in [6.07, 6.45) is 0. The van der Waals surface area contributed by atoms with Gasteiger partial charge in [-0.25, -0.2) is 0 Å². The molecule has 2 aliphatic rings. The maximum absolute atomic E-state index is 12.9. The van der Waals surface area contributed by atoms with Crippen LogP contribution in [0.4, 0.5) is 11.4 Å². The summed E-state index contributed by atoms with van der Waals surface area (Å²) in [6.45, 7) is 7.69. The zero-order valence-corrected chi connectivity index (χ0v) is 22.7. The Labute approximate surface area is 233 Å². The number of aliphatic imine (C=N–C) groups is 2. The Morgan fingerprint density at radius 2 is 1.23 bits per heavy atom. The Morgan fingerprint density at radius 3 is 1.67 bits per heavy atom. The molecule has 5 rings (SSSR count). The van der Waals surface area contributed by atoms with Crippen molar-refractivity contribution in [2.24, 2.45) is 21.8 Å². The van der Waals surface area contributed by atoms with Gasteiger partial charge in [0.1, 0.15) is 11.7 Å². The summed E-state index contributed by atoms with van der Waals surface area (Å²) in [5.74, 6) is 2.10. The van der Waals surface area contributed by atoms with Crippen molar-refractivity contribution >= 4 is 46.5 Å². The van der Waals surface area contributed by atoms with Crippen LogP contribution in [0, 0.1) is 11.8 Å². The van der Waals surface area contributed by atoms with E-state index < -0.39 is 0 Å². The van der Waals surface area contributed by atoms with Gasteiger partial charge in [0, 0.05) is 54.2 Å². The van der Waals surface area contributed by atoms with E-state index in [9.17, 15) is 9.59 Å². The number of nitrogens with one attached hydrogen (secondary N) is 4. The number of anilines is 2. The summed E-state index contributed by atoms with van der Waals surface area (Å²) in [5.41, 5.74) is 3.87. The number of halogens is 1. The lowest BCUT2D eigenvalue weighted by atomic mass is 10.1. The second-order valence-electron chi connectivity index (χ2n) is 10.1. The first-order valence-corrected chi connectivity index (χ1v) is 13.4. The molecule has 0 radical (unpaired) electrons. The molecule has 200 valence electrons. The highest BCUT2D eigenvalue weighted by Crippen LogP contribution is 2.22. The van der Waals surface area contributed by atoms with E-state index in [0.29, 0.717) is 28.8 Å². The Bertz CT molecular complexity index is 1430. The van der Waals surface area contributed by atoms with Crippen LogP contribution >= 0.6 is 11.6 Å². The first kappa shape index (κ1) is 26.4. The zero-order valence-electron chi connectivity index (χ0n) is 21.9. The van der Waals surface area contributed by atoms with Crippen molar-refractivity contribution in [1.29, 1.82) is 0 Å². The Balaban J connectivity index is 1.19. The predicted molar refractivity (Wildman–Crippen MR) is 157 cm³/mol. The summed E-state index contributed by atoms with van der Waals surface area (Å²) in [7, 11) is 0. The Kier molecular flexibility index (Phi) is 7.93. The van der Waals surface area contributed by atoms with Gasteiger partial charge in [-0.1, -0.05) is 25.4 Å². The fourth-order valence-corrected chi connectivity index (χ4v) is 4.60. The SMILES string of the molecule is CC1CN=C(c2ccc(NC(=O)c3ccc(C(=O)Nc4ccc(C5=NCC(C)CN5)cc4)c(Cl)c3)cc2)NC1. The van der Waals surface area contributed by atoms with E-state index >= 15 is 0 Å². The molecular weight excluding hydrogens is 512 g/mol. The molecule has 8 nitrogen and oxygen atoms in total. The lowest BCUT2D eigenvalue weighted by Gasteiger charge is -2.20. The van der Waals surface area contributed by atoms with Crippen LogP contribution in [-0.2, 0) is 0 Å². The summed E-state index contributed by atoms with van der Waals surface area (Å²) in [6, 6.07) is 19.6. The third kappa shape index (κ3) is 6.46. The maximum Gasteiger partial charge on any atom is 0.257 e. The van der Waals surface area contributed by atoms with Crippen LogP contribution in [0.15, 0.2) is 76.7 Å². The molecule has 0 spiro atoms. The minimum absolute atomic E-state index is 0.192. The lowest BCUT2D eigenvalue weighted by Crippen LogP contribution is -2.35. The highest BCUT2D eigenvalue weighted by atomic mass is 35.5. The van der Waals surface area contributed by atoms with E-state index in [4.69, 9.17) is 11.6 Å². The third-order valence-corrected chi connectivity index (χ3v) is 6.98. The van der Waals surface area contributed by atoms with E-state index in [1.54, 1.807) is 12.1 Å². The minimum Gasteiger partial charge on any atom is -0.370 e. The van der Waals surface area contributed by atoms with Crippen molar-refractivity contribution in [2.75, 3.05) is 36.8 Å². The van der Waals surface area contributed by atoms with E-state index in [1.165, 1.54) is 6.07 Å². The third-order valence-electron chi connectivity index (χ3n) is 6.67. The molecule has 2 unspecified atom stereocenters. The zero-order chi connectivity index (χ0) is 27.4. The van der Waals surface area contributed by atoms with E-state index in [2.05, 4.69) is 45.1 Å². The predicted octanol–water partition coefficient (Wildman–Crippen LogP) is 4.82. The number of hydrogen-bond acceptors (Lipinski definition) is 6. The molecule has 2 atom stereocenters. The molecule has 4 N–H and O–H groups in total. The van der Waals surface area contributed by atoms with Crippen LogP contribution < -0.4 is 21.3 Å². The van der Waals surface area contributed by atoms with Gasteiger partial charge in [-0.05, 0) is 78.6 Å². The maximum atomic E-state index is 12.9. The molecular formula is C30H31ClN6O2. The van der Waals surface area contributed by atoms with Crippen LogP contribution in [0.5, 0.6) is 0 Å². The number of nitrogens with zero attached hydrogens (tertiary/aromatic N) is 2. The molecule has 0 fully saturated rings. The molecule has 3 aromatic carbocycles. The van der Waals surface area contributed by atoms with Crippen LogP contribution in [0.3, 0.4) is 0 Å². The Hall–Kier alpha value is -4.17. The average molecular weight is 543 g/mol. The van der Waals surface area contributed by atoms with E-state index in [0.717, 1.165) is 49.0 Å². The number of amidine groups is 2. The lowest BCUT2D eigenvalue weighted by molar-refractivity contribution is 0.101. The van der Waals surface area contributed by atoms with Gasteiger partial charge in [0.25, 0.3) is 11.8 Å². The first-order valence-electron chi connectivity index (χ1n) is 13.1. The molecule has 0 bridgehead atoms. The van der Waals surface area contributed by atoms with Crippen LogP contribution in [0.1, 0.15) is 45.7 Å². The number of carbonyl (C=O) groups is 2. The van der Waals surface area contributed by atoms with Crippen molar-refractivity contribution < 1.29 is 9.59 Å². The number of carbonyl (C=O) groups excluding carboxylic acids is 2. The summed E-state index contributed by atoms with van der Waals surface area (Å²) in [5, 5.41) is 12.6. The number of hydrogen-bond donors (Lipinski definition) is 4. The van der Waals surface area contributed by atoms with Gasteiger partial charge in [0.05, 0.1) is 10.6 Å². The van der Waals surface area contributed by atoms with Crippen LogP contribution in [-0.4, -0.2) is 49.7 Å². The quantitative estimate of drug-likeness (QED) is 0.358. The van der Waals surface area contributed by atoms with Gasteiger partial charge in [-0.2, -0.15) is 0 Å². The average Bonchev–Trinajstić information content (AvgIpc) is 2.95. The van der Waals surface area contributed by atoms with Gasteiger partial charge in [0.2, 0.25) is 0 Å². The smallest absolute Gasteiger partial charge is 0.257 e. The molecule has 9 heteroatoms. The normalized spacial score (nSPS) is 18.6. The first-order chi connectivity index (χ1) is 18.9. The van der Waals surface area contributed by atoms with E-state index in [1.807, 2.05) is 48.5 Å². The molecule has 3 aromatic rings. The van der Waals surface area contributed by atoms with Gasteiger partial charge >= 0.3 is 0 Å². The van der Waals surface area contributed by atoms with Gasteiger partial charge in [-0.3, -0.25) is 19.6 Å². The molecule has 0 aliphatic carbocycles. The second-order valence-corrected chi connectivity index (χ2v) is 10.5. The highest BCUT2D eigenvalue weighted by Gasteiger charge is 2.16. The van der Waals surface area contributed by atoms with E-state index in [-0.39, 0.29) is 22.4 Å². The highest BCUT2D eigenvalue weighted by molar-refractivity contribution is 6.35. The van der Waals surface area contributed by atoms with Gasteiger partial charge < -0.3 is 21.3 Å². The summed E-state index contributed by atoms with van der Waals surface area (Å²) >= 11 is 6.41. The Morgan fingerprint density at radius 1 is 0.744 bits per heavy atom. The van der Waals surface area contributed by atoms with Crippen molar-refractivity contribution in [3.8, 4) is 0 Å². The van der Waals surface area contributed by atoms with Crippen molar-refractivity contribution in [3.63, 3.8) is 0 Å². The molecule has 0 aromatic heterocycles. The van der Waals surface area contributed by atoms with Gasteiger partial charge in [-0.15, -0.1) is 0 Å². The fraction of sp³-hybridized carbons (Fsp3) is 0.267. The standard InChI is InChI=1S/C30H31ClN6O2/c1-18-14-32-27(33-15-18)20-3-8-23(9-4-20)36-29(38)22-7-12-25(26(31)13-22)30(39)37-24-10-5-21(6-11-24)28-34-16-19(2)17-35-28/h3-13,18-19H,14-17H2,1-2H3,(H,32,33)(H,34,35)(H,36,38)(H,37,39). The van der Waals surface area contributed by atoms with Crippen molar-refractivity contribution in [3.05, 3.63) is 94.0 Å². The number of rotatable bonds is 6. The second kappa shape index (κ2) is 11.7.